The molecular formula is C15H21ClN4O. The molecule has 1 aromatic heterocycles. The van der Waals surface area contributed by atoms with Crippen LogP contribution in [-0.4, -0.2) is 47.8 Å². The van der Waals surface area contributed by atoms with Crippen molar-refractivity contribution in [3.8, 4) is 0 Å². The van der Waals surface area contributed by atoms with E-state index in [2.05, 4.69) is 15.3 Å². The van der Waals surface area contributed by atoms with Crippen molar-refractivity contribution in [3.63, 3.8) is 0 Å². The molecule has 0 aliphatic heterocycles. The number of nitrogens with one attached hydrogen (secondary N) is 1. The third kappa shape index (κ3) is 4.44. The van der Waals surface area contributed by atoms with Crippen LogP contribution in [0.1, 0.15) is 12.8 Å². The summed E-state index contributed by atoms with van der Waals surface area (Å²) in [5.74, 6) is 0.0458. The lowest BCUT2D eigenvalue weighted by molar-refractivity contribution is -0.121. The van der Waals surface area contributed by atoms with Gasteiger partial charge in [-0.15, -0.1) is 0 Å². The first kappa shape index (κ1) is 15.8. The van der Waals surface area contributed by atoms with Crippen LogP contribution in [0.2, 0.25) is 5.15 Å². The Hall–Kier alpha value is -1.59. The average Bonchev–Trinajstić information content (AvgIpc) is 2.78. The molecule has 2 aromatic rings. The van der Waals surface area contributed by atoms with Gasteiger partial charge in [0.05, 0.1) is 12.1 Å². The summed E-state index contributed by atoms with van der Waals surface area (Å²) in [5, 5.41) is 8.61. The molecule has 1 aromatic carbocycles. The van der Waals surface area contributed by atoms with E-state index in [1.165, 1.54) is 0 Å². The van der Waals surface area contributed by atoms with Gasteiger partial charge in [0, 0.05) is 18.4 Å². The van der Waals surface area contributed by atoms with Crippen LogP contribution in [0.5, 0.6) is 0 Å². The monoisotopic (exact) mass is 308 g/mol. The molecule has 114 valence electrons. The lowest BCUT2D eigenvalue weighted by atomic mass is 10.2. The molecule has 0 unspecified atom stereocenters. The molecule has 2 rings (SSSR count). The minimum Gasteiger partial charge on any atom is -0.356 e. The summed E-state index contributed by atoms with van der Waals surface area (Å²) in [6, 6.07) is 7.77. The predicted molar refractivity (Wildman–Crippen MR) is 85.5 cm³/mol. The molecule has 5 nitrogen and oxygen atoms in total. The number of benzene rings is 1. The molecule has 1 N–H and O–H groups in total. The Morgan fingerprint density at radius 2 is 2.14 bits per heavy atom. The zero-order chi connectivity index (χ0) is 15.2. The van der Waals surface area contributed by atoms with Gasteiger partial charge < -0.3 is 10.2 Å². The molecule has 1 amide bonds. The number of nitrogens with zero attached hydrogens (tertiary/aromatic N) is 3. The predicted octanol–water partition coefficient (Wildman–Crippen LogP) is 2.15. The number of carbonyl (C=O) groups excluding carboxylic acids is 1. The average molecular weight is 309 g/mol. The maximum atomic E-state index is 11.8. The SMILES string of the molecule is CN(C)CCCNC(=O)CCn1nc(Cl)c2ccccc21. The van der Waals surface area contributed by atoms with E-state index in [-0.39, 0.29) is 5.91 Å². The number of para-hydroxylation sites is 1. The normalized spacial score (nSPS) is 11.2. The summed E-state index contributed by atoms with van der Waals surface area (Å²) in [6.45, 7) is 2.21. The van der Waals surface area contributed by atoms with Crippen molar-refractivity contribution in [3.05, 3.63) is 29.4 Å². The van der Waals surface area contributed by atoms with Crippen molar-refractivity contribution in [2.24, 2.45) is 0 Å². The number of rotatable bonds is 7. The minimum atomic E-state index is 0.0458. The van der Waals surface area contributed by atoms with Crippen LogP contribution >= 0.6 is 11.6 Å². The van der Waals surface area contributed by atoms with E-state index >= 15 is 0 Å². The van der Waals surface area contributed by atoms with E-state index in [0.717, 1.165) is 23.9 Å². The van der Waals surface area contributed by atoms with Gasteiger partial charge >= 0.3 is 0 Å². The van der Waals surface area contributed by atoms with Gasteiger partial charge in [0.25, 0.3) is 0 Å². The van der Waals surface area contributed by atoms with Gasteiger partial charge in [-0.1, -0.05) is 23.7 Å². The highest BCUT2D eigenvalue weighted by molar-refractivity contribution is 6.34. The van der Waals surface area contributed by atoms with Crippen molar-refractivity contribution in [1.82, 2.24) is 20.0 Å². The first-order valence-corrected chi connectivity index (χ1v) is 7.48. The second-order valence-corrected chi connectivity index (χ2v) is 5.65. The zero-order valence-electron chi connectivity index (χ0n) is 12.5. The molecule has 21 heavy (non-hydrogen) atoms. The summed E-state index contributed by atoms with van der Waals surface area (Å²) in [5.41, 5.74) is 0.961. The van der Waals surface area contributed by atoms with Crippen LogP contribution in [0, 0.1) is 0 Å². The molecule has 0 aliphatic rings. The topological polar surface area (TPSA) is 50.2 Å². The second-order valence-electron chi connectivity index (χ2n) is 5.29. The maximum absolute atomic E-state index is 11.8. The molecule has 0 spiro atoms. The number of aromatic nitrogens is 2. The summed E-state index contributed by atoms with van der Waals surface area (Å²) < 4.78 is 1.79. The molecule has 0 radical (unpaired) electrons. The number of amides is 1. The summed E-state index contributed by atoms with van der Waals surface area (Å²) in [4.78, 5) is 13.9. The van der Waals surface area contributed by atoms with E-state index in [1.54, 1.807) is 4.68 Å². The summed E-state index contributed by atoms with van der Waals surface area (Å²) in [7, 11) is 4.04. The number of fused-ring (bicyclic) bond motifs is 1. The fourth-order valence-corrected chi connectivity index (χ4v) is 2.43. The lowest BCUT2D eigenvalue weighted by Crippen LogP contribution is -2.27. The molecule has 0 aliphatic carbocycles. The Labute approximate surface area is 129 Å². The highest BCUT2D eigenvalue weighted by Gasteiger charge is 2.09. The fourth-order valence-electron chi connectivity index (χ4n) is 2.18. The minimum absolute atomic E-state index is 0.0458. The van der Waals surface area contributed by atoms with E-state index in [9.17, 15) is 4.79 Å². The first-order chi connectivity index (χ1) is 10.1. The Kier molecular flexibility index (Phi) is 5.59. The van der Waals surface area contributed by atoms with E-state index < -0.39 is 0 Å². The largest absolute Gasteiger partial charge is 0.356 e. The number of halogens is 1. The smallest absolute Gasteiger partial charge is 0.221 e. The van der Waals surface area contributed by atoms with Gasteiger partial charge in [-0.25, -0.2) is 0 Å². The van der Waals surface area contributed by atoms with Crippen LogP contribution < -0.4 is 5.32 Å². The van der Waals surface area contributed by atoms with Gasteiger partial charge in [-0.05, 0) is 39.2 Å². The summed E-state index contributed by atoms with van der Waals surface area (Å²) >= 11 is 6.09. The van der Waals surface area contributed by atoms with Crippen molar-refractivity contribution < 1.29 is 4.79 Å². The number of hydrogen-bond acceptors (Lipinski definition) is 3. The van der Waals surface area contributed by atoms with Crippen molar-refractivity contribution in [1.29, 1.82) is 0 Å². The molecule has 6 heteroatoms. The van der Waals surface area contributed by atoms with Gasteiger partial charge in [-0.2, -0.15) is 5.10 Å². The number of carbonyl (C=O) groups is 1. The number of hydrogen-bond donors (Lipinski definition) is 1. The Bertz CT molecular complexity index is 609. The van der Waals surface area contributed by atoms with Crippen LogP contribution in [-0.2, 0) is 11.3 Å². The fraction of sp³-hybridized carbons (Fsp3) is 0.467. The first-order valence-electron chi connectivity index (χ1n) is 7.10. The van der Waals surface area contributed by atoms with Crippen molar-refractivity contribution >= 4 is 28.4 Å². The Morgan fingerprint density at radius 1 is 1.38 bits per heavy atom. The van der Waals surface area contributed by atoms with E-state index in [1.807, 2.05) is 38.4 Å². The van der Waals surface area contributed by atoms with Gasteiger partial charge in [0.15, 0.2) is 5.15 Å². The van der Waals surface area contributed by atoms with Gasteiger partial charge in [-0.3, -0.25) is 9.48 Å². The Morgan fingerprint density at radius 3 is 2.90 bits per heavy atom. The molecule has 0 atom stereocenters. The highest BCUT2D eigenvalue weighted by atomic mass is 35.5. The zero-order valence-corrected chi connectivity index (χ0v) is 13.2. The molecule has 0 fully saturated rings. The van der Waals surface area contributed by atoms with Crippen LogP contribution in [0.4, 0.5) is 0 Å². The second kappa shape index (κ2) is 7.43. The van der Waals surface area contributed by atoms with Crippen LogP contribution in [0.15, 0.2) is 24.3 Å². The Balaban J connectivity index is 1.83. The van der Waals surface area contributed by atoms with Crippen LogP contribution in [0.3, 0.4) is 0 Å². The van der Waals surface area contributed by atoms with Gasteiger partial charge in [0.1, 0.15) is 0 Å². The molecule has 1 heterocycles. The molecule has 0 saturated heterocycles. The maximum Gasteiger partial charge on any atom is 0.221 e. The lowest BCUT2D eigenvalue weighted by Gasteiger charge is -2.10. The van der Waals surface area contributed by atoms with Crippen molar-refractivity contribution in [2.45, 2.75) is 19.4 Å². The van der Waals surface area contributed by atoms with E-state index in [0.29, 0.717) is 24.7 Å². The summed E-state index contributed by atoms with van der Waals surface area (Å²) in [6.07, 6.45) is 1.36. The third-order valence-corrected chi connectivity index (χ3v) is 3.55. The molecular weight excluding hydrogens is 288 g/mol. The van der Waals surface area contributed by atoms with Gasteiger partial charge in [0.2, 0.25) is 5.91 Å². The van der Waals surface area contributed by atoms with E-state index in [4.69, 9.17) is 11.6 Å². The standard InChI is InChI=1S/C15H21ClN4O/c1-19(2)10-5-9-17-14(21)8-11-20-13-7-4-3-6-12(13)15(16)18-20/h3-4,6-7H,5,8-11H2,1-2H3,(H,17,21). The highest BCUT2D eigenvalue weighted by Crippen LogP contribution is 2.22. The van der Waals surface area contributed by atoms with Crippen LogP contribution in [0.25, 0.3) is 10.9 Å². The number of aryl methyl sites for hydroxylation is 1. The van der Waals surface area contributed by atoms with Crippen molar-refractivity contribution in [2.75, 3.05) is 27.2 Å². The third-order valence-electron chi connectivity index (χ3n) is 3.27. The molecule has 0 bridgehead atoms. The molecule has 0 saturated carbocycles. The quantitative estimate of drug-likeness (QED) is 0.797.